The number of hydrogen-bond acceptors (Lipinski definition) is 4. The molecule has 0 aliphatic carbocycles. The molecule has 0 aromatic carbocycles. The zero-order chi connectivity index (χ0) is 12.3. The molecule has 2 aromatic heterocycles. The van der Waals surface area contributed by atoms with E-state index in [-0.39, 0.29) is 17.3 Å². The van der Waals surface area contributed by atoms with Gasteiger partial charge in [0, 0.05) is 18.0 Å². The summed E-state index contributed by atoms with van der Waals surface area (Å²) in [6.07, 6.45) is 3.00. The van der Waals surface area contributed by atoms with E-state index in [9.17, 15) is 9.59 Å². The molecule has 0 aliphatic heterocycles. The van der Waals surface area contributed by atoms with E-state index in [4.69, 9.17) is 0 Å². The van der Waals surface area contributed by atoms with Gasteiger partial charge in [-0.2, -0.15) is 0 Å². The van der Waals surface area contributed by atoms with Crippen molar-refractivity contribution in [2.24, 2.45) is 0 Å². The van der Waals surface area contributed by atoms with Crippen LogP contribution in [0.2, 0.25) is 0 Å². The first-order chi connectivity index (χ1) is 8.18. The van der Waals surface area contributed by atoms with Crippen molar-refractivity contribution in [1.82, 2.24) is 9.97 Å². The molecule has 2 aromatic rings. The lowest BCUT2D eigenvalue weighted by Gasteiger charge is -2.00. The molecule has 0 bridgehead atoms. The lowest BCUT2D eigenvalue weighted by atomic mass is 10.1. The number of ketones is 2. The normalized spacial score (nSPS) is 9.94. The van der Waals surface area contributed by atoms with Gasteiger partial charge in [-0.3, -0.25) is 19.6 Å². The van der Waals surface area contributed by atoms with Gasteiger partial charge in [-0.1, -0.05) is 6.07 Å². The molecular weight excluding hydrogens is 216 g/mol. The molecule has 0 radical (unpaired) electrons. The predicted molar refractivity (Wildman–Crippen MR) is 61.9 cm³/mol. The number of carbonyl (C=O) groups excluding carboxylic acids is 2. The minimum absolute atomic E-state index is 0.0949. The average molecular weight is 226 g/mol. The first kappa shape index (κ1) is 11.1. The summed E-state index contributed by atoms with van der Waals surface area (Å²) in [7, 11) is 0. The molecular formula is C13H10N2O2. The van der Waals surface area contributed by atoms with Crippen LogP contribution in [-0.2, 0) is 0 Å². The van der Waals surface area contributed by atoms with Crippen LogP contribution >= 0.6 is 0 Å². The maximum atomic E-state index is 12.0. The van der Waals surface area contributed by atoms with Gasteiger partial charge in [0.2, 0.25) is 5.78 Å². The molecule has 0 saturated heterocycles. The monoisotopic (exact) mass is 226 g/mol. The second kappa shape index (κ2) is 4.65. The quantitative estimate of drug-likeness (QED) is 0.750. The third kappa shape index (κ3) is 2.42. The molecule has 0 atom stereocenters. The summed E-state index contributed by atoms with van der Waals surface area (Å²) in [6, 6.07) is 8.15. The van der Waals surface area contributed by atoms with E-state index >= 15 is 0 Å². The first-order valence-electron chi connectivity index (χ1n) is 5.11. The van der Waals surface area contributed by atoms with Crippen molar-refractivity contribution in [3.63, 3.8) is 0 Å². The van der Waals surface area contributed by atoms with Gasteiger partial charge in [-0.15, -0.1) is 0 Å². The standard InChI is InChI=1S/C13H10N2O2/c1-9(16)10-5-7-15-12(8-10)13(17)11-4-2-3-6-14-11/h2-8H,1H3. The lowest BCUT2D eigenvalue weighted by molar-refractivity contribution is 0.101. The van der Waals surface area contributed by atoms with Gasteiger partial charge in [-0.25, -0.2) is 0 Å². The van der Waals surface area contributed by atoms with Gasteiger partial charge in [0.25, 0.3) is 0 Å². The largest absolute Gasteiger partial charge is 0.295 e. The Bertz CT molecular complexity index is 565. The third-order valence-corrected chi connectivity index (χ3v) is 2.30. The molecule has 0 unspecified atom stereocenters. The Balaban J connectivity index is 2.38. The summed E-state index contributed by atoms with van der Waals surface area (Å²) in [5.74, 6) is -0.379. The minimum atomic E-state index is -0.284. The van der Waals surface area contributed by atoms with Crippen molar-refractivity contribution in [2.45, 2.75) is 6.92 Å². The van der Waals surface area contributed by atoms with E-state index in [0.29, 0.717) is 11.3 Å². The van der Waals surface area contributed by atoms with Gasteiger partial charge in [-0.05, 0) is 31.2 Å². The summed E-state index contributed by atoms with van der Waals surface area (Å²) in [6.45, 7) is 1.45. The Morgan fingerprint density at radius 3 is 2.41 bits per heavy atom. The van der Waals surface area contributed by atoms with E-state index in [0.717, 1.165) is 0 Å². The predicted octanol–water partition coefficient (Wildman–Crippen LogP) is 1.91. The highest BCUT2D eigenvalue weighted by Crippen LogP contribution is 2.07. The Kier molecular flexibility index (Phi) is 3.05. The number of carbonyl (C=O) groups is 2. The molecule has 0 spiro atoms. The fraction of sp³-hybridized carbons (Fsp3) is 0.0769. The lowest BCUT2D eigenvalue weighted by Crippen LogP contribution is -2.07. The average Bonchev–Trinajstić information content (AvgIpc) is 2.39. The smallest absolute Gasteiger partial charge is 0.229 e. The number of pyridine rings is 2. The molecule has 0 amide bonds. The fourth-order valence-corrected chi connectivity index (χ4v) is 1.40. The van der Waals surface area contributed by atoms with Crippen molar-refractivity contribution in [3.05, 3.63) is 59.7 Å². The molecule has 2 heterocycles. The summed E-state index contributed by atoms with van der Waals surface area (Å²) in [4.78, 5) is 31.1. The first-order valence-corrected chi connectivity index (χ1v) is 5.11. The van der Waals surface area contributed by atoms with Gasteiger partial charge in [0.1, 0.15) is 11.4 Å². The van der Waals surface area contributed by atoms with Gasteiger partial charge in [0.05, 0.1) is 0 Å². The summed E-state index contributed by atoms with van der Waals surface area (Å²) < 4.78 is 0. The van der Waals surface area contributed by atoms with E-state index < -0.39 is 0 Å². The highest BCUT2D eigenvalue weighted by atomic mass is 16.1. The highest BCUT2D eigenvalue weighted by molar-refractivity contribution is 6.07. The zero-order valence-corrected chi connectivity index (χ0v) is 9.25. The van der Waals surface area contributed by atoms with Crippen LogP contribution < -0.4 is 0 Å². The van der Waals surface area contributed by atoms with E-state index in [1.54, 1.807) is 30.5 Å². The molecule has 84 valence electrons. The van der Waals surface area contributed by atoms with Gasteiger partial charge < -0.3 is 0 Å². The van der Waals surface area contributed by atoms with Crippen LogP contribution in [0.15, 0.2) is 42.7 Å². The summed E-state index contributed by atoms with van der Waals surface area (Å²) in [5, 5.41) is 0. The Morgan fingerprint density at radius 2 is 1.76 bits per heavy atom. The van der Waals surface area contributed by atoms with Crippen LogP contribution in [0.25, 0.3) is 0 Å². The third-order valence-electron chi connectivity index (χ3n) is 2.30. The van der Waals surface area contributed by atoms with Crippen LogP contribution in [0, 0.1) is 0 Å². The van der Waals surface area contributed by atoms with Crippen molar-refractivity contribution in [2.75, 3.05) is 0 Å². The number of hydrogen-bond donors (Lipinski definition) is 0. The Morgan fingerprint density at radius 1 is 1.00 bits per heavy atom. The highest BCUT2D eigenvalue weighted by Gasteiger charge is 2.12. The van der Waals surface area contributed by atoms with Gasteiger partial charge >= 0.3 is 0 Å². The molecule has 2 rings (SSSR count). The maximum absolute atomic E-state index is 12.0. The van der Waals surface area contributed by atoms with E-state index in [2.05, 4.69) is 9.97 Å². The second-order valence-electron chi connectivity index (χ2n) is 3.53. The van der Waals surface area contributed by atoms with Crippen molar-refractivity contribution >= 4 is 11.6 Å². The van der Waals surface area contributed by atoms with Crippen molar-refractivity contribution in [1.29, 1.82) is 0 Å². The van der Waals surface area contributed by atoms with Crippen LogP contribution in [0.3, 0.4) is 0 Å². The second-order valence-corrected chi connectivity index (χ2v) is 3.53. The van der Waals surface area contributed by atoms with Crippen LogP contribution in [0.1, 0.15) is 33.5 Å². The molecule has 4 nitrogen and oxygen atoms in total. The summed E-state index contributed by atoms with van der Waals surface area (Å²) in [5.41, 5.74) is 1.02. The SMILES string of the molecule is CC(=O)c1ccnc(C(=O)c2ccccn2)c1. The van der Waals surface area contributed by atoms with Crippen LogP contribution in [0.4, 0.5) is 0 Å². The molecule has 0 fully saturated rings. The van der Waals surface area contributed by atoms with Crippen molar-refractivity contribution in [3.8, 4) is 0 Å². The molecule has 0 aliphatic rings. The Labute approximate surface area is 98.3 Å². The van der Waals surface area contributed by atoms with Crippen molar-refractivity contribution < 1.29 is 9.59 Å². The molecule has 0 N–H and O–H groups in total. The zero-order valence-electron chi connectivity index (χ0n) is 9.25. The summed E-state index contributed by atoms with van der Waals surface area (Å²) >= 11 is 0. The van der Waals surface area contributed by atoms with E-state index in [1.165, 1.54) is 19.2 Å². The van der Waals surface area contributed by atoms with Crippen LogP contribution in [-0.4, -0.2) is 21.5 Å². The molecule has 4 heteroatoms. The Hall–Kier alpha value is -2.36. The molecule has 0 saturated carbocycles. The number of nitrogens with zero attached hydrogens (tertiary/aromatic N) is 2. The fourth-order valence-electron chi connectivity index (χ4n) is 1.40. The van der Waals surface area contributed by atoms with E-state index in [1.807, 2.05) is 0 Å². The van der Waals surface area contributed by atoms with Gasteiger partial charge in [0.15, 0.2) is 5.78 Å². The number of aromatic nitrogens is 2. The topological polar surface area (TPSA) is 59.9 Å². The number of Topliss-reactive ketones (excluding diaryl/α,β-unsaturated/α-hetero) is 1. The molecule has 17 heavy (non-hydrogen) atoms. The maximum Gasteiger partial charge on any atom is 0.229 e. The van der Waals surface area contributed by atoms with Crippen LogP contribution in [0.5, 0.6) is 0 Å². The minimum Gasteiger partial charge on any atom is -0.295 e. The number of rotatable bonds is 3.